The maximum Gasteiger partial charge on any atom is 0.324 e. The van der Waals surface area contributed by atoms with Crippen molar-refractivity contribution in [2.45, 2.75) is 208 Å². The van der Waals surface area contributed by atoms with E-state index in [1.807, 2.05) is 39.8 Å². The number of rotatable bonds is 8. The summed E-state index contributed by atoms with van der Waals surface area (Å²) in [5.41, 5.74) is 2.24. The van der Waals surface area contributed by atoms with Crippen molar-refractivity contribution in [3.05, 3.63) is 56.6 Å². The monoisotopic (exact) mass is 763 g/mol. The molecule has 0 spiro atoms. The number of phenols is 2. The second-order valence-electron chi connectivity index (χ2n) is 22.0. The highest BCUT2D eigenvalue weighted by Crippen LogP contribution is 2.45. The Labute approximate surface area is 332 Å². The van der Waals surface area contributed by atoms with E-state index in [1.54, 1.807) is 0 Å². The van der Waals surface area contributed by atoms with Gasteiger partial charge >= 0.3 is 11.9 Å². The summed E-state index contributed by atoms with van der Waals surface area (Å²) in [5.74, 6) is -0.960. The quantitative estimate of drug-likeness (QED) is 0.155. The third kappa shape index (κ3) is 9.90. The van der Waals surface area contributed by atoms with Gasteiger partial charge in [-0.1, -0.05) is 53.7 Å². The van der Waals surface area contributed by atoms with E-state index in [0.717, 1.165) is 22.3 Å². The summed E-state index contributed by atoms with van der Waals surface area (Å²) >= 11 is 0. The average molecular weight is 763 g/mol. The molecule has 2 aromatic rings. The van der Waals surface area contributed by atoms with E-state index in [2.05, 4.69) is 108 Å². The maximum absolute atomic E-state index is 15.5. The minimum Gasteiger partial charge on any atom is -0.507 e. The van der Waals surface area contributed by atoms with Gasteiger partial charge in [0, 0.05) is 60.7 Å². The second-order valence-corrected chi connectivity index (χ2v) is 22.0. The molecule has 0 saturated carbocycles. The highest BCUT2D eigenvalue weighted by atomic mass is 16.6. The Hall–Kier alpha value is -3.10. The van der Waals surface area contributed by atoms with Crippen LogP contribution in [0, 0.1) is 33.1 Å². The van der Waals surface area contributed by atoms with E-state index in [0.29, 0.717) is 47.9 Å². The molecule has 8 nitrogen and oxygen atoms in total. The second kappa shape index (κ2) is 14.7. The lowest BCUT2D eigenvalue weighted by Gasteiger charge is -2.47. The van der Waals surface area contributed by atoms with Crippen LogP contribution in [0.3, 0.4) is 0 Å². The predicted molar refractivity (Wildman–Crippen MR) is 223 cm³/mol. The molecular formula is C47H74N2O6. The number of benzene rings is 2. The van der Waals surface area contributed by atoms with Crippen LogP contribution in [0.1, 0.15) is 167 Å². The van der Waals surface area contributed by atoms with Gasteiger partial charge in [0.15, 0.2) is 5.41 Å². The van der Waals surface area contributed by atoms with Crippen LogP contribution in [0.5, 0.6) is 11.5 Å². The van der Waals surface area contributed by atoms with Gasteiger partial charge in [0.1, 0.15) is 23.7 Å². The number of nitrogens with one attached hydrogen (secondary N) is 2. The minimum absolute atomic E-state index is 0.0451. The van der Waals surface area contributed by atoms with Gasteiger partial charge in [-0.25, -0.2) is 0 Å². The topological polar surface area (TPSA) is 117 Å². The number of hydrogen-bond acceptors (Lipinski definition) is 8. The summed E-state index contributed by atoms with van der Waals surface area (Å²) in [4.78, 5) is 31.0. The molecule has 0 radical (unpaired) electrons. The van der Waals surface area contributed by atoms with Gasteiger partial charge < -0.3 is 30.3 Å². The lowest BCUT2D eigenvalue weighted by Crippen LogP contribution is -2.61. The molecule has 4 N–H and O–H groups in total. The highest BCUT2D eigenvalue weighted by Gasteiger charge is 2.54. The summed E-state index contributed by atoms with van der Waals surface area (Å²) in [7, 11) is 0. The van der Waals surface area contributed by atoms with Gasteiger partial charge in [0.25, 0.3) is 0 Å². The Balaban J connectivity index is 2.01. The zero-order valence-corrected chi connectivity index (χ0v) is 37.6. The summed E-state index contributed by atoms with van der Waals surface area (Å²) in [6.45, 7) is 36.9. The smallest absolute Gasteiger partial charge is 0.324 e. The lowest BCUT2D eigenvalue weighted by molar-refractivity contribution is -0.183. The predicted octanol–water partition coefficient (Wildman–Crippen LogP) is 9.40. The number of ether oxygens (including phenoxy) is 2. The lowest BCUT2D eigenvalue weighted by atomic mass is 9.71. The Morgan fingerprint density at radius 3 is 1.13 bits per heavy atom. The van der Waals surface area contributed by atoms with Crippen LogP contribution >= 0.6 is 0 Å². The first kappa shape index (κ1) is 44.6. The Kier molecular flexibility index (Phi) is 11.9. The first-order valence-electron chi connectivity index (χ1n) is 20.4. The van der Waals surface area contributed by atoms with Gasteiger partial charge in [-0.15, -0.1) is 0 Å². The molecule has 0 unspecified atom stereocenters. The SMILES string of the molecule is Cc1cc(C(C)(C)C)c(O)c(C)c1CC(Cc1c(C)cc(C(C)(C)C)c(O)c1C)(C(=O)OC1CC(C)(C)NC(C)(C)C1)C(=O)OC1CC(C)(C)NC(C)(C)C1. The van der Waals surface area contributed by atoms with E-state index in [4.69, 9.17) is 9.47 Å². The van der Waals surface area contributed by atoms with Crippen molar-refractivity contribution >= 4 is 11.9 Å². The average Bonchev–Trinajstić information content (AvgIpc) is 2.95. The fourth-order valence-electron chi connectivity index (χ4n) is 9.90. The largest absolute Gasteiger partial charge is 0.507 e. The molecule has 2 heterocycles. The zero-order chi connectivity index (χ0) is 42.1. The summed E-state index contributed by atoms with van der Waals surface area (Å²) in [6.07, 6.45) is 1.28. The van der Waals surface area contributed by atoms with Gasteiger partial charge in [-0.3, -0.25) is 9.59 Å². The fourth-order valence-corrected chi connectivity index (χ4v) is 9.90. The van der Waals surface area contributed by atoms with E-state index in [-0.39, 0.29) is 57.3 Å². The van der Waals surface area contributed by atoms with E-state index >= 15 is 9.59 Å². The van der Waals surface area contributed by atoms with Crippen LogP contribution in [0.25, 0.3) is 0 Å². The third-order valence-corrected chi connectivity index (χ3v) is 12.0. The number of carbonyl (C=O) groups excluding carboxylic acids is 2. The molecule has 0 aliphatic carbocycles. The van der Waals surface area contributed by atoms with Crippen molar-refractivity contribution in [2.24, 2.45) is 5.41 Å². The first-order valence-corrected chi connectivity index (χ1v) is 20.4. The molecule has 308 valence electrons. The number of piperidine rings is 2. The van der Waals surface area contributed by atoms with Crippen molar-refractivity contribution < 1.29 is 29.3 Å². The van der Waals surface area contributed by atoms with Gasteiger partial charge in [-0.05, 0) is 138 Å². The molecule has 0 bridgehead atoms. The van der Waals surface area contributed by atoms with E-state index in [1.165, 1.54) is 0 Å². The van der Waals surface area contributed by atoms with Crippen molar-refractivity contribution in [2.75, 3.05) is 0 Å². The number of aromatic hydroxyl groups is 2. The molecule has 2 aliphatic heterocycles. The summed E-state index contributed by atoms with van der Waals surface area (Å²) in [5, 5.41) is 30.8. The van der Waals surface area contributed by atoms with E-state index in [9.17, 15) is 10.2 Å². The third-order valence-electron chi connectivity index (χ3n) is 12.0. The van der Waals surface area contributed by atoms with Gasteiger partial charge in [-0.2, -0.15) is 0 Å². The van der Waals surface area contributed by atoms with Crippen LogP contribution in [0.4, 0.5) is 0 Å². The van der Waals surface area contributed by atoms with Crippen LogP contribution in [0.2, 0.25) is 0 Å². The van der Waals surface area contributed by atoms with Crippen LogP contribution in [-0.4, -0.2) is 56.5 Å². The van der Waals surface area contributed by atoms with Crippen LogP contribution in [-0.2, 0) is 42.7 Å². The first-order chi connectivity index (χ1) is 24.7. The molecule has 0 amide bonds. The molecule has 2 fully saturated rings. The van der Waals surface area contributed by atoms with Crippen molar-refractivity contribution in [1.29, 1.82) is 0 Å². The van der Waals surface area contributed by atoms with Gasteiger partial charge in [0.05, 0.1) is 0 Å². The summed E-state index contributed by atoms with van der Waals surface area (Å²) in [6, 6.07) is 3.96. The number of aryl methyl sites for hydroxylation is 2. The normalized spacial score (nSPS) is 20.3. The van der Waals surface area contributed by atoms with Crippen molar-refractivity contribution in [1.82, 2.24) is 10.6 Å². The molecule has 0 atom stereocenters. The molecule has 4 rings (SSSR count). The molecule has 55 heavy (non-hydrogen) atoms. The molecule has 2 aromatic carbocycles. The number of phenolic OH excluding ortho intramolecular Hbond substituents is 2. The zero-order valence-electron chi connectivity index (χ0n) is 37.6. The van der Waals surface area contributed by atoms with Crippen LogP contribution < -0.4 is 10.6 Å². The minimum atomic E-state index is -1.85. The number of carbonyl (C=O) groups is 2. The van der Waals surface area contributed by atoms with Crippen molar-refractivity contribution in [3.8, 4) is 11.5 Å². The number of esters is 2. The fraction of sp³-hybridized carbons (Fsp3) is 0.702. The molecule has 8 heteroatoms. The van der Waals surface area contributed by atoms with Gasteiger partial charge in [0.2, 0.25) is 0 Å². The molecular weight excluding hydrogens is 689 g/mol. The van der Waals surface area contributed by atoms with E-state index < -0.39 is 29.6 Å². The summed E-state index contributed by atoms with van der Waals surface area (Å²) < 4.78 is 13.2. The Bertz CT molecular complexity index is 1640. The molecule has 2 saturated heterocycles. The number of hydrogen-bond donors (Lipinski definition) is 4. The molecule has 2 aliphatic rings. The Morgan fingerprint density at radius 1 is 0.600 bits per heavy atom. The standard InChI is InChI=1S/C47H74N2O6/c1-27-19-35(41(5,6)7)37(50)29(3)33(27)25-47(39(52)54-31-21-43(11,12)48-44(13,14)22-31,40(53)55-32-23-45(15,16)49-46(17,18)24-32)26-34-28(2)20-36(42(8,9)10)38(51)30(34)4/h19-20,31-32,48-51H,21-26H2,1-18H3. The van der Waals surface area contributed by atoms with Crippen LogP contribution in [0.15, 0.2) is 12.1 Å². The maximum atomic E-state index is 15.5. The highest BCUT2D eigenvalue weighted by molar-refractivity contribution is 6.01. The molecule has 0 aromatic heterocycles. The Morgan fingerprint density at radius 2 is 0.873 bits per heavy atom. The van der Waals surface area contributed by atoms with Crippen molar-refractivity contribution in [3.63, 3.8) is 0 Å².